The Bertz CT molecular complexity index is 408. The SMILES string of the molecule is CCC(C)(C#N)N(C)C(=O)c1ccccc1. The van der Waals surface area contributed by atoms with Crippen molar-refractivity contribution in [2.75, 3.05) is 7.05 Å². The summed E-state index contributed by atoms with van der Waals surface area (Å²) in [4.78, 5) is 13.6. The fourth-order valence-electron chi connectivity index (χ4n) is 1.39. The maximum Gasteiger partial charge on any atom is 0.254 e. The summed E-state index contributed by atoms with van der Waals surface area (Å²) in [5, 5.41) is 9.11. The van der Waals surface area contributed by atoms with Gasteiger partial charge in [-0.3, -0.25) is 4.79 Å². The lowest BCUT2D eigenvalue weighted by molar-refractivity contribution is 0.0673. The highest BCUT2D eigenvalue weighted by Gasteiger charge is 2.31. The molecule has 0 aliphatic rings. The third kappa shape index (κ3) is 2.22. The van der Waals surface area contributed by atoms with Crippen LogP contribution in [0.1, 0.15) is 30.6 Å². The van der Waals surface area contributed by atoms with E-state index in [4.69, 9.17) is 5.26 Å². The van der Waals surface area contributed by atoms with Gasteiger partial charge in [0.05, 0.1) is 6.07 Å². The summed E-state index contributed by atoms with van der Waals surface area (Å²) in [7, 11) is 1.67. The lowest BCUT2D eigenvalue weighted by atomic mass is 9.98. The Balaban J connectivity index is 2.96. The summed E-state index contributed by atoms with van der Waals surface area (Å²) >= 11 is 0. The molecule has 1 aromatic rings. The summed E-state index contributed by atoms with van der Waals surface area (Å²) < 4.78 is 0. The van der Waals surface area contributed by atoms with E-state index in [1.54, 1.807) is 26.1 Å². The highest BCUT2D eigenvalue weighted by atomic mass is 16.2. The monoisotopic (exact) mass is 216 g/mol. The predicted molar refractivity (Wildman–Crippen MR) is 62.8 cm³/mol. The van der Waals surface area contributed by atoms with Gasteiger partial charge in [-0.1, -0.05) is 25.1 Å². The van der Waals surface area contributed by atoms with Crippen molar-refractivity contribution in [2.45, 2.75) is 25.8 Å². The fourth-order valence-corrected chi connectivity index (χ4v) is 1.39. The summed E-state index contributed by atoms with van der Waals surface area (Å²) in [6, 6.07) is 11.2. The Morgan fingerprint density at radius 2 is 2.00 bits per heavy atom. The van der Waals surface area contributed by atoms with Crippen LogP contribution < -0.4 is 0 Å². The second kappa shape index (κ2) is 4.80. The average Bonchev–Trinajstić information content (AvgIpc) is 2.37. The number of nitrogens with zero attached hydrogens (tertiary/aromatic N) is 2. The first-order valence-electron chi connectivity index (χ1n) is 5.29. The van der Waals surface area contributed by atoms with Crippen LogP contribution in [-0.4, -0.2) is 23.4 Å². The Morgan fingerprint density at radius 3 is 2.44 bits per heavy atom. The van der Waals surface area contributed by atoms with Crippen molar-refractivity contribution in [3.05, 3.63) is 35.9 Å². The van der Waals surface area contributed by atoms with Gasteiger partial charge >= 0.3 is 0 Å². The Kier molecular flexibility index (Phi) is 3.68. The molecule has 0 fully saturated rings. The molecule has 1 aromatic carbocycles. The molecule has 0 heterocycles. The van der Waals surface area contributed by atoms with Crippen LogP contribution in [0, 0.1) is 11.3 Å². The van der Waals surface area contributed by atoms with Gasteiger partial charge in [-0.15, -0.1) is 0 Å². The van der Waals surface area contributed by atoms with E-state index in [2.05, 4.69) is 6.07 Å². The van der Waals surface area contributed by atoms with E-state index >= 15 is 0 Å². The molecule has 0 aromatic heterocycles. The van der Waals surface area contributed by atoms with E-state index in [0.717, 1.165) is 0 Å². The second-order valence-corrected chi connectivity index (χ2v) is 3.97. The van der Waals surface area contributed by atoms with Crippen LogP contribution in [0.5, 0.6) is 0 Å². The third-order valence-corrected chi connectivity index (χ3v) is 2.99. The van der Waals surface area contributed by atoms with Crippen molar-refractivity contribution < 1.29 is 4.79 Å². The Hall–Kier alpha value is -1.82. The lowest BCUT2D eigenvalue weighted by Gasteiger charge is -2.31. The van der Waals surface area contributed by atoms with Gasteiger partial charge in [0.1, 0.15) is 5.54 Å². The maximum absolute atomic E-state index is 12.1. The highest BCUT2D eigenvalue weighted by Crippen LogP contribution is 2.19. The molecule has 0 aliphatic carbocycles. The molecule has 0 saturated heterocycles. The molecular formula is C13H16N2O. The zero-order valence-electron chi connectivity index (χ0n) is 9.90. The van der Waals surface area contributed by atoms with Gasteiger partial charge in [0, 0.05) is 12.6 Å². The lowest BCUT2D eigenvalue weighted by Crippen LogP contribution is -2.45. The van der Waals surface area contributed by atoms with Crippen molar-refractivity contribution in [2.24, 2.45) is 0 Å². The van der Waals surface area contributed by atoms with Gasteiger partial charge in [0.2, 0.25) is 0 Å². The number of carbonyl (C=O) groups is 1. The summed E-state index contributed by atoms with van der Waals surface area (Å²) in [5.41, 5.74) is -0.132. The van der Waals surface area contributed by atoms with E-state index in [1.807, 2.05) is 25.1 Å². The first-order chi connectivity index (χ1) is 7.55. The van der Waals surface area contributed by atoms with Crippen LogP contribution in [0.4, 0.5) is 0 Å². The van der Waals surface area contributed by atoms with Crippen LogP contribution in [-0.2, 0) is 0 Å². The fraction of sp³-hybridized carbons (Fsp3) is 0.385. The zero-order chi connectivity index (χ0) is 12.2. The van der Waals surface area contributed by atoms with Crippen LogP contribution in [0.15, 0.2) is 30.3 Å². The number of hydrogen-bond donors (Lipinski definition) is 0. The zero-order valence-corrected chi connectivity index (χ0v) is 9.90. The largest absolute Gasteiger partial charge is 0.323 e. The molecular weight excluding hydrogens is 200 g/mol. The highest BCUT2D eigenvalue weighted by molar-refractivity contribution is 5.94. The van der Waals surface area contributed by atoms with Crippen molar-refractivity contribution in [1.29, 1.82) is 5.26 Å². The maximum atomic E-state index is 12.1. The molecule has 84 valence electrons. The van der Waals surface area contributed by atoms with Gasteiger partial charge in [-0.25, -0.2) is 0 Å². The molecule has 1 atom stereocenters. The number of benzene rings is 1. The van der Waals surface area contributed by atoms with E-state index < -0.39 is 5.54 Å². The smallest absolute Gasteiger partial charge is 0.254 e. The van der Waals surface area contributed by atoms with Crippen molar-refractivity contribution >= 4 is 5.91 Å². The first-order valence-corrected chi connectivity index (χ1v) is 5.29. The van der Waals surface area contributed by atoms with Crippen LogP contribution >= 0.6 is 0 Å². The Labute approximate surface area is 96.3 Å². The van der Waals surface area contributed by atoms with Crippen molar-refractivity contribution in [1.82, 2.24) is 4.90 Å². The van der Waals surface area contributed by atoms with Gasteiger partial charge in [0.25, 0.3) is 5.91 Å². The summed E-state index contributed by atoms with van der Waals surface area (Å²) in [5.74, 6) is -0.119. The average molecular weight is 216 g/mol. The van der Waals surface area contributed by atoms with Gasteiger partial charge in [-0.05, 0) is 25.5 Å². The first kappa shape index (κ1) is 12.3. The van der Waals surface area contributed by atoms with Gasteiger partial charge in [-0.2, -0.15) is 5.26 Å². The standard InChI is InChI=1S/C13H16N2O/c1-4-13(2,10-14)15(3)12(16)11-8-6-5-7-9-11/h5-9H,4H2,1-3H3. The molecule has 1 rings (SSSR count). The predicted octanol–water partition coefficient (Wildman–Crippen LogP) is 2.45. The molecule has 0 bridgehead atoms. The summed E-state index contributed by atoms with van der Waals surface area (Å²) in [6.45, 7) is 3.67. The summed E-state index contributed by atoms with van der Waals surface area (Å²) in [6.07, 6.45) is 0.610. The molecule has 0 saturated carbocycles. The van der Waals surface area contributed by atoms with Crippen LogP contribution in [0.25, 0.3) is 0 Å². The molecule has 3 heteroatoms. The van der Waals surface area contributed by atoms with Crippen LogP contribution in [0.2, 0.25) is 0 Å². The second-order valence-electron chi connectivity index (χ2n) is 3.97. The third-order valence-electron chi connectivity index (χ3n) is 2.99. The molecule has 0 spiro atoms. The number of rotatable bonds is 3. The van der Waals surface area contributed by atoms with Crippen LogP contribution in [0.3, 0.4) is 0 Å². The molecule has 0 aliphatic heterocycles. The minimum Gasteiger partial charge on any atom is -0.323 e. The number of amides is 1. The molecule has 1 unspecified atom stereocenters. The number of carbonyl (C=O) groups excluding carboxylic acids is 1. The molecule has 0 N–H and O–H groups in total. The number of nitriles is 1. The van der Waals surface area contributed by atoms with Crippen molar-refractivity contribution in [3.8, 4) is 6.07 Å². The quantitative estimate of drug-likeness (QED) is 0.779. The van der Waals surface area contributed by atoms with Gasteiger partial charge < -0.3 is 4.90 Å². The van der Waals surface area contributed by atoms with E-state index in [-0.39, 0.29) is 5.91 Å². The normalized spacial score (nSPS) is 13.6. The number of hydrogen-bond acceptors (Lipinski definition) is 2. The molecule has 0 radical (unpaired) electrons. The molecule has 3 nitrogen and oxygen atoms in total. The van der Waals surface area contributed by atoms with Gasteiger partial charge in [0.15, 0.2) is 0 Å². The molecule has 16 heavy (non-hydrogen) atoms. The molecule has 1 amide bonds. The minimum atomic E-state index is -0.743. The van der Waals surface area contributed by atoms with Crippen molar-refractivity contribution in [3.63, 3.8) is 0 Å². The Morgan fingerprint density at radius 1 is 1.44 bits per heavy atom. The van der Waals surface area contributed by atoms with E-state index in [1.165, 1.54) is 4.90 Å². The van der Waals surface area contributed by atoms with E-state index in [9.17, 15) is 4.79 Å². The topological polar surface area (TPSA) is 44.1 Å². The van der Waals surface area contributed by atoms with E-state index in [0.29, 0.717) is 12.0 Å². The minimum absolute atomic E-state index is 0.119.